The lowest BCUT2D eigenvalue weighted by molar-refractivity contribution is 0.150. The van der Waals surface area contributed by atoms with Gasteiger partial charge in [-0.2, -0.15) is 0 Å². The van der Waals surface area contributed by atoms with E-state index in [4.69, 9.17) is 16.0 Å². The molecule has 2 aromatic carbocycles. The molecule has 0 saturated heterocycles. The molecule has 0 bridgehead atoms. The Kier molecular flexibility index (Phi) is 3.66. The quantitative estimate of drug-likeness (QED) is 0.729. The summed E-state index contributed by atoms with van der Waals surface area (Å²) in [5.74, 6) is 0.290. The number of aliphatic hydroxyl groups is 1. The molecular weight excluding hydrogens is 298 g/mol. The van der Waals surface area contributed by atoms with Gasteiger partial charge < -0.3 is 9.52 Å². The molecule has 3 rings (SSSR count). The smallest absolute Gasteiger partial charge is 0.263 e. The zero-order chi connectivity index (χ0) is 15.0. The summed E-state index contributed by atoms with van der Waals surface area (Å²) >= 11 is 5.89. The molecular formula is C16H11ClF2O2. The van der Waals surface area contributed by atoms with Gasteiger partial charge in [0.2, 0.25) is 0 Å². The molecule has 0 fully saturated rings. The molecule has 1 heterocycles. The second kappa shape index (κ2) is 5.47. The highest BCUT2D eigenvalue weighted by atomic mass is 35.5. The average Bonchev–Trinajstić information content (AvgIpc) is 2.89. The summed E-state index contributed by atoms with van der Waals surface area (Å²) in [6, 6.07) is 12.4. The summed E-state index contributed by atoms with van der Waals surface area (Å²) in [4.78, 5) is 0. The Morgan fingerprint density at radius 3 is 2.52 bits per heavy atom. The second-order valence-corrected chi connectivity index (χ2v) is 5.14. The molecule has 0 saturated carbocycles. The van der Waals surface area contributed by atoms with Crippen molar-refractivity contribution in [3.8, 4) is 0 Å². The van der Waals surface area contributed by atoms with Gasteiger partial charge in [0.1, 0.15) is 17.4 Å². The van der Waals surface area contributed by atoms with Crippen LogP contribution in [0.3, 0.4) is 0 Å². The van der Waals surface area contributed by atoms with E-state index in [0.717, 1.165) is 5.39 Å². The lowest BCUT2D eigenvalue weighted by Gasteiger charge is -2.09. The van der Waals surface area contributed by atoms with E-state index in [0.29, 0.717) is 21.9 Å². The van der Waals surface area contributed by atoms with E-state index < -0.39 is 12.5 Å². The van der Waals surface area contributed by atoms with Gasteiger partial charge >= 0.3 is 0 Å². The molecule has 0 spiro atoms. The standard InChI is InChI=1S/C16H11ClF2O2/c17-12-4-5-13-11(7-12)8-14(21-13)15(20)9-2-1-3-10(6-9)16(18)19/h1-8,15-16,20H. The first-order valence-corrected chi connectivity index (χ1v) is 6.67. The Labute approximate surface area is 124 Å². The van der Waals surface area contributed by atoms with Gasteiger partial charge in [0.15, 0.2) is 0 Å². The molecule has 1 atom stereocenters. The zero-order valence-electron chi connectivity index (χ0n) is 10.8. The molecule has 0 radical (unpaired) electrons. The van der Waals surface area contributed by atoms with E-state index in [1.807, 2.05) is 0 Å². The van der Waals surface area contributed by atoms with Crippen LogP contribution in [0.1, 0.15) is 29.4 Å². The molecule has 1 N–H and O–H groups in total. The van der Waals surface area contributed by atoms with E-state index in [1.54, 1.807) is 30.3 Å². The number of fused-ring (bicyclic) bond motifs is 1. The molecule has 21 heavy (non-hydrogen) atoms. The molecule has 108 valence electrons. The zero-order valence-corrected chi connectivity index (χ0v) is 11.5. The van der Waals surface area contributed by atoms with Crippen LogP contribution in [0.2, 0.25) is 5.02 Å². The largest absolute Gasteiger partial charge is 0.458 e. The van der Waals surface area contributed by atoms with Crippen molar-refractivity contribution in [2.75, 3.05) is 0 Å². The summed E-state index contributed by atoms with van der Waals surface area (Å²) < 4.78 is 31.0. The summed E-state index contributed by atoms with van der Waals surface area (Å²) in [5, 5.41) is 11.6. The third kappa shape index (κ3) is 2.77. The predicted octanol–water partition coefficient (Wildman–Crippen LogP) is 5.11. The predicted molar refractivity (Wildman–Crippen MR) is 76.7 cm³/mol. The first-order chi connectivity index (χ1) is 10.0. The van der Waals surface area contributed by atoms with Gasteiger partial charge in [0.05, 0.1) is 0 Å². The van der Waals surface area contributed by atoms with Crippen molar-refractivity contribution in [1.82, 2.24) is 0 Å². The number of hydrogen-bond donors (Lipinski definition) is 1. The second-order valence-electron chi connectivity index (χ2n) is 4.70. The van der Waals surface area contributed by atoms with Crippen LogP contribution >= 0.6 is 11.6 Å². The summed E-state index contributed by atoms with van der Waals surface area (Å²) in [6.45, 7) is 0. The number of aliphatic hydroxyl groups excluding tert-OH is 1. The third-order valence-electron chi connectivity index (χ3n) is 3.25. The van der Waals surface area contributed by atoms with Crippen LogP contribution in [0.25, 0.3) is 11.0 Å². The maximum Gasteiger partial charge on any atom is 0.263 e. The molecule has 3 aromatic rings. The first kappa shape index (κ1) is 14.0. The van der Waals surface area contributed by atoms with Crippen molar-refractivity contribution in [3.63, 3.8) is 0 Å². The molecule has 0 aliphatic heterocycles. The average molecular weight is 309 g/mol. The van der Waals surface area contributed by atoms with Crippen LogP contribution in [0.15, 0.2) is 52.9 Å². The van der Waals surface area contributed by atoms with E-state index in [2.05, 4.69) is 0 Å². The molecule has 5 heteroatoms. The van der Waals surface area contributed by atoms with Gasteiger partial charge in [-0.1, -0.05) is 29.8 Å². The summed E-state index contributed by atoms with van der Waals surface area (Å²) in [7, 11) is 0. The van der Waals surface area contributed by atoms with E-state index in [9.17, 15) is 13.9 Å². The van der Waals surface area contributed by atoms with E-state index >= 15 is 0 Å². The Morgan fingerprint density at radius 2 is 1.76 bits per heavy atom. The fourth-order valence-corrected chi connectivity index (χ4v) is 2.38. The van der Waals surface area contributed by atoms with Crippen molar-refractivity contribution in [1.29, 1.82) is 0 Å². The number of furan rings is 1. The SMILES string of the molecule is OC(c1cccc(C(F)F)c1)c1cc2cc(Cl)ccc2o1. The minimum absolute atomic E-state index is 0.134. The Morgan fingerprint density at radius 1 is 1.00 bits per heavy atom. The highest BCUT2D eigenvalue weighted by Crippen LogP contribution is 2.31. The highest BCUT2D eigenvalue weighted by molar-refractivity contribution is 6.31. The molecule has 2 nitrogen and oxygen atoms in total. The normalized spacial score (nSPS) is 13.0. The number of rotatable bonds is 3. The first-order valence-electron chi connectivity index (χ1n) is 6.29. The van der Waals surface area contributed by atoms with Gasteiger partial charge in [-0.05, 0) is 35.9 Å². The van der Waals surface area contributed by atoms with Crippen LogP contribution in [0, 0.1) is 0 Å². The maximum absolute atomic E-state index is 12.7. The van der Waals surface area contributed by atoms with Gasteiger partial charge in [0.25, 0.3) is 6.43 Å². The number of alkyl halides is 2. The minimum atomic E-state index is -2.58. The van der Waals surface area contributed by atoms with Crippen LogP contribution < -0.4 is 0 Å². The highest BCUT2D eigenvalue weighted by Gasteiger charge is 2.17. The third-order valence-corrected chi connectivity index (χ3v) is 3.48. The number of benzene rings is 2. The van der Waals surface area contributed by atoms with E-state index in [1.165, 1.54) is 18.2 Å². The monoisotopic (exact) mass is 308 g/mol. The van der Waals surface area contributed by atoms with Crippen molar-refractivity contribution >= 4 is 22.6 Å². The topological polar surface area (TPSA) is 33.4 Å². The molecule has 1 unspecified atom stereocenters. The fourth-order valence-electron chi connectivity index (χ4n) is 2.20. The lowest BCUT2D eigenvalue weighted by atomic mass is 10.0. The number of halogens is 3. The Balaban J connectivity index is 1.99. The van der Waals surface area contributed by atoms with Crippen molar-refractivity contribution in [2.45, 2.75) is 12.5 Å². The Bertz CT molecular complexity index is 783. The van der Waals surface area contributed by atoms with Crippen molar-refractivity contribution in [3.05, 3.63) is 70.4 Å². The van der Waals surface area contributed by atoms with Gasteiger partial charge in [0, 0.05) is 16.0 Å². The molecule has 0 aliphatic carbocycles. The summed E-state index contributed by atoms with van der Waals surface area (Å²) in [5.41, 5.74) is 0.808. The Hall–Kier alpha value is -1.91. The minimum Gasteiger partial charge on any atom is -0.458 e. The fraction of sp³-hybridized carbons (Fsp3) is 0.125. The van der Waals surface area contributed by atoms with Crippen molar-refractivity contribution in [2.24, 2.45) is 0 Å². The molecule has 0 amide bonds. The molecule has 0 aliphatic rings. The van der Waals surface area contributed by atoms with Crippen molar-refractivity contribution < 1.29 is 18.3 Å². The van der Waals surface area contributed by atoms with Gasteiger partial charge in [-0.25, -0.2) is 8.78 Å². The van der Waals surface area contributed by atoms with Gasteiger partial charge in [-0.15, -0.1) is 0 Å². The van der Waals surface area contributed by atoms with Crippen LogP contribution in [-0.2, 0) is 0 Å². The van der Waals surface area contributed by atoms with Crippen LogP contribution in [0.5, 0.6) is 0 Å². The van der Waals surface area contributed by atoms with Gasteiger partial charge in [-0.3, -0.25) is 0 Å². The number of hydrogen-bond acceptors (Lipinski definition) is 2. The van der Waals surface area contributed by atoms with Crippen LogP contribution in [0.4, 0.5) is 8.78 Å². The molecule has 1 aromatic heterocycles. The van der Waals surface area contributed by atoms with Crippen LogP contribution in [-0.4, -0.2) is 5.11 Å². The lowest BCUT2D eigenvalue weighted by Crippen LogP contribution is -1.99. The van der Waals surface area contributed by atoms with E-state index in [-0.39, 0.29) is 5.56 Å². The maximum atomic E-state index is 12.7. The summed E-state index contributed by atoms with van der Waals surface area (Å²) in [6.07, 6.45) is -3.68.